The second-order valence-electron chi connectivity index (χ2n) is 7.86. The van der Waals surface area contributed by atoms with Crippen LogP contribution in [0.1, 0.15) is 34.1 Å². The fourth-order valence-corrected chi connectivity index (χ4v) is 3.59. The van der Waals surface area contributed by atoms with Crippen molar-refractivity contribution in [1.82, 2.24) is 0 Å². The van der Waals surface area contributed by atoms with E-state index in [4.69, 9.17) is 21.1 Å². The average molecular weight is 523 g/mol. The van der Waals surface area contributed by atoms with Crippen LogP contribution >= 0.6 is 11.6 Å². The molecule has 0 aromatic heterocycles. The van der Waals surface area contributed by atoms with Gasteiger partial charge in [0.2, 0.25) is 0 Å². The molecule has 0 unspecified atom stereocenters. The maximum absolute atomic E-state index is 13.0. The zero-order valence-corrected chi connectivity index (χ0v) is 20.3. The second kappa shape index (κ2) is 11.0. The molecule has 0 fully saturated rings. The van der Waals surface area contributed by atoms with Crippen LogP contribution in [0, 0.1) is 5.82 Å². The van der Waals surface area contributed by atoms with Gasteiger partial charge in [-0.1, -0.05) is 18.5 Å². The number of carbonyl (C=O) groups excluding carboxylic acids is 4. The summed E-state index contributed by atoms with van der Waals surface area (Å²) in [7, 11) is 0. The van der Waals surface area contributed by atoms with Crippen molar-refractivity contribution in [3.8, 4) is 5.75 Å². The molecule has 1 aliphatic rings. The van der Waals surface area contributed by atoms with Crippen molar-refractivity contribution >= 4 is 46.7 Å². The van der Waals surface area contributed by atoms with Crippen LogP contribution in [0.25, 0.3) is 0 Å². The highest BCUT2D eigenvalue weighted by Gasteiger charge is 2.39. The van der Waals surface area contributed by atoms with Crippen LogP contribution in [0.4, 0.5) is 15.8 Å². The van der Waals surface area contributed by atoms with E-state index >= 15 is 0 Å². The quantitative estimate of drug-likeness (QED) is 0.251. The van der Waals surface area contributed by atoms with Crippen molar-refractivity contribution < 1.29 is 33.0 Å². The molecule has 1 aliphatic heterocycles. The Morgan fingerprint density at radius 2 is 1.46 bits per heavy atom. The number of carbonyl (C=O) groups is 4. The molecule has 3 aromatic rings. The molecule has 0 radical (unpaired) electrons. The standard InChI is InChI=1S/C27H20ClFN2O6/c1-2-15-36-26(34)16-5-11-20(12-6-16)31-24(32)22(28)23(25(31)33)30-19-9-3-17(4-10-19)27(35)37-21-13-7-18(29)8-14-21/h3-14,30H,2,15H2,1H3. The van der Waals surface area contributed by atoms with Gasteiger partial charge in [-0.3, -0.25) is 9.59 Å². The first kappa shape index (κ1) is 25.6. The Labute approximate surface area is 216 Å². The first-order valence-electron chi connectivity index (χ1n) is 11.2. The van der Waals surface area contributed by atoms with Crippen LogP contribution in [0.5, 0.6) is 5.75 Å². The van der Waals surface area contributed by atoms with Gasteiger partial charge in [-0.25, -0.2) is 18.9 Å². The maximum atomic E-state index is 13.0. The summed E-state index contributed by atoms with van der Waals surface area (Å²) < 4.78 is 23.3. The summed E-state index contributed by atoms with van der Waals surface area (Å²) in [6.45, 7) is 2.16. The molecule has 188 valence electrons. The number of rotatable bonds is 8. The van der Waals surface area contributed by atoms with E-state index in [9.17, 15) is 23.6 Å². The molecule has 0 bridgehead atoms. The molecule has 0 spiro atoms. The van der Waals surface area contributed by atoms with Gasteiger partial charge < -0.3 is 14.8 Å². The molecular weight excluding hydrogens is 503 g/mol. The molecule has 4 rings (SSSR count). The van der Waals surface area contributed by atoms with E-state index in [-0.39, 0.29) is 39.9 Å². The first-order chi connectivity index (χ1) is 17.8. The third-order valence-electron chi connectivity index (χ3n) is 5.24. The van der Waals surface area contributed by atoms with Crippen LogP contribution in [0.15, 0.2) is 83.5 Å². The number of nitrogens with one attached hydrogen (secondary N) is 1. The predicted molar refractivity (Wildman–Crippen MR) is 134 cm³/mol. The van der Waals surface area contributed by atoms with Crippen LogP contribution in [-0.4, -0.2) is 30.4 Å². The van der Waals surface area contributed by atoms with Crippen molar-refractivity contribution in [1.29, 1.82) is 0 Å². The molecule has 1 heterocycles. The van der Waals surface area contributed by atoms with Gasteiger partial charge in [-0.2, -0.15) is 0 Å². The number of halogens is 2. The van der Waals surface area contributed by atoms with Gasteiger partial charge in [0.1, 0.15) is 22.3 Å². The Bertz CT molecular complexity index is 1390. The number of ether oxygens (including phenoxy) is 2. The summed E-state index contributed by atoms with van der Waals surface area (Å²) in [6.07, 6.45) is 0.684. The average Bonchev–Trinajstić information content (AvgIpc) is 3.12. The minimum absolute atomic E-state index is 0.139. The normalized spacial score (nSPS) is 13.1. The highest BCUT2D eigenvalue weighted by atomic mass is 35.5. The number of imide groups is 1. The minimum atomic E-state index is -0.727. The Kier molecular flexibility index (Phi) is 7.64. The SMILES string of the molecule is CCCOC(=O)c1ccc(N2C(=O)C(Cl)=C(Nc3ccc(C(=O)Oc4ccc(F)cc4)cc3)C2=O)cc1. The lowest BCUT2D eigenvalue weighted by molar-refractivity contribution is -0.120. The lowest BCUT2D eigenvalue weighted by Crippen LogP contribution is -2.32. The van der Waals surface area contributed by atoms with E-state index in [1.54, 1.807) is 0 Å². The fraction of sp³-hybridized carbons (Fsp3) is 0.111. The third-order valence-corrected chi connectivity index (χ3v) is 5.59. The summed E-state index contributed by atoms with van der Waals surface area (Å²) in [5, 5.41) is 2.50. The zero-order chi connectivity index (χ0) is 26.5. The Morgan fingerprint density at radius 3 is 2.08 bits per heavy atom. The van der Waals surface area contributed by atoms with Crippen LogP contribution in [0.2, 0.25) is 0 Å². The monoisotopic (exact) mass is 522 g/mol. The summed E-state index contributed by atoms with van der Waals surface area (Å²) in [5.41, 5.74) is 0.980. The molecule has 0 saturated carbocycles. The van der Waals surface area contributed by atoms with E-state index in [2.05, 4.69) is 5.32 Å². The molecule has 0 saturated heterocycles. The number of amides is 2. The van der Waals surface area contributed by atoms with E-state index < -0.39 is 29.6 Å². The van der Waals surface area contributed by atoms with Gasteiger partial charge in [0.15, 0.2) is 0 Å². The summed E-state index contributed by atoms with van der Waals surface area (Å²) in [6, 6.07) is 16.8. The van der Waals surface area contributed by atoms with Crippen molar-refractivity contribution in [3.05, 3.63) is 100 Å². The third kappa shape index (κ3) is 5.68. The number of esters is 2. The molecule has 3 aromatic carbocycles. The van der Waals surface area contributed by atoms with E-state index in [1.807, 2.05) is 6.92 Å². The van der Waals surface area contributed by atoms with Crippen molar-refractivity contribution in [2.24, 2.45) is 0 Å². The number of hydrogen-bond acceptors (Lipinski definition) is 7. The number of nitrogens with zero attached hydrogens (tertiary/aromatic N) is 1. The lowest BCUT2D eigenvalue weighted by Gasteiger charge is -2.15. The zero-order valence-electron chi connectivity index (χ0n) is 19.5. The van der Waals surface area contributed by atoms with Gasteiger partial charge >= 0.3 is 11.9 Å². The fourth-order valence-electron chi connectivity index (χ4n) is 3.37. The van der Waals surface area contributed by atoms with Gasteiger partial charge in [0.05, 0.1) is 23.4 Å². The minimum Gasteiger partial charge on any atom is -0.462 e. The molecular formula is C27H20ClFN2O6. The van der Waals surface area contributed by atoms with Gasteiger partial charge in [0, 0.05) is 5.69 Å². The van der Waals surface area contributed by atoms with Crippen molar-refractivity contribution in [3.63, 3.8) is 0 Å². The number of anilines is 2. The van der Waals surface area contributed by atoms with E-state index in [1.165, 1.54) is 72.8 Å². The van der Waals surface area contributed by atoms with Crippen LogP contribution in [-0.2, 0) is 14.3 Å². The molecule has 37 heavy (non-hydrogen) atoms. The van der Waals surface area contributed by atoms with Crippen LogP contribution in [0.3, 0.4) is 0 Å². The highest BCUT2D eigenvalue weighted by Crippen LogP contribution is 2.30. The lowest BCUT2D eigenvalue weighted by atomic mass is 10.2. The van der Waals surface area contributed by atoms with Crippen molar-refractivity contribution in [2.75, 3.05) is 16.8 Å². The molecule has 2 amide bonds. The number of benzene rings is 3. The molecule has 8 nitrogen and oxygen atoms in total. The molecule has 1 N–H and O–H groups in total. The smallest absolute Gasteiger partial charge is 0.343 e. The van der Waals surface area contributed by atoms with Gasteiger partial charge in [-0.05, 0) is 79.2 Å². The van der Waals surface area contributed by atoms with Gasteiger partial charge in [-0.15, -0.1) is 0 Å². The second-order valence-corrected chi connectivity index (χ2v) is 8.24. The molecule has 10 heteroatoms. The van der Waals surface area contributed by atoms with E-state index in [0.29, 0.717) is 12.1 Å². The Morgan fingerprint density at radius 1 is 0.865 bits per heavy atom. The van der Waals surface area contributed by atoms with Gasteiger partial charge in [0.25, 0.3) is 11.8 Å². The largest absolute Gasteiger partial charge is 0.462 e. The predicted octanol–water partition coefficient (Wildman–Crippen LogP) is 5.05. The maximum Gasteiger partial charge on any atom is 0.343 e. The molecule has 0 aliphatic carbocycles. The summed E-state index contributed by atoms with van der Waals surface area (Å²) in [4.78, 5) is 50.9. The first-order valence-corrected chi connectivity index (χ1v) is 11.6. The van der Waals surface area contributed by atoms with E-state index in [0.717, 1.165) is 4.90 Å². The topological polar surface area (TPSA) is 102 Å². The summed E-state index contributed by atoms with van der Waals surface area (Å²) in [5.74, 6) is -2.84. The Balaban J connectivity index is 1.43. The molecule has 0 atom stereocenters. The highest BCUT2D eigenvalue weighted by molar-refractivity contribution is 6.53. The summed E-state index contributed by atoms with van der Waals surface area (Å²) >= 11 is 6.17. The van der Waals surface area contributed by atoms with Crippen LogP contribution < -0.4 is 15.0 Å². The Hall–Kier alpha value is -4.50. The van der Waals surface area contributed by atoms with Crippen molar-refractivity contribution in [2.45, 2.75) is 13.3 Å². The number of hydrogen-bond donors (Lipinski definition) is 1.